The Hall–Kier alpha value is -2.21. The molecule has 0 fully saturated rings. The van der Waals surface area contributed by atoms with E-state index >= 15 is 0 Å². The fourth-order valence-electron chi connectivity index (χ4n) is 2.12. The quantitative estimate of drug-likeness (QED) is 0.728. The Morgan fingerprint density at radius 2 is 2.04 bits per heavy atom. The molecule has 130 valence electrons. The zero-order valence-corrected chi connectivity index (χ0v) is 15.1. The molecular weight excluding hydrogens is 334 g/mol. The maximum absolute atomic E-state index is 12.3. The van der Waals surface area contributed by atoms with Gasteiger partial charge in [0, 0.05) is 0 Å². The number of halogens is 1. The summed E-state index contributed by atoms with van der Waals surface area (Å²) in [6.07, 6.45) is -0.0752. The number of aryl methyl sites for hydroxylation is 2. The Kier molecular flexibility index (Phi) is 5.72. The van der Waals surface area contributed by atoms with Crippen LogP contribution in [-0.2, 0) is 11.3 Å². The van der Waals surface area contributed by atoms with Gasteiger partial charge in [-0.25, -0.2) is 4.79 Å². The van der Waals surface area contributed by atoms with E-state index < -0.39 is 5.97 Å². The van der Waals surface area contributed by atoms with Crippen molar-refractivity contribution in [3.63, 3.8) is 0 Å². The number of benzene rings is 1. The second-order valence-electron chi connectivity index (χ2n) is 5.53. The maximum Gasteiger partial charge on any atom is 0.338 e. The average Bonchev–Trinajstić information content (AvgIpc) is 2.85. The number of nitrogens with zero attached hydrogens (tertiary/aromatic N) is 1. The Morgan fingerprint density at radius 3 is 2.58 bits per heavy atom. The third-order valence-electron chi connectivity index (χ3n) is 3.35. The van der Waals surface area contributed by atoms with Gasteiger partial charge in [0.2, 0.25) is 0 Å². The standard InChI is InChI=1S/C17H20ClNO5/c1-9(2)23-16-14(18)6-12(7-15(16)21-5)17(20)22-8-13-10(3)19-24-11(13)4/h6-7,9H,8H2,1-5H3. The number of carbonyl (C=O) groups excluding carboxylic acids is 1. The summed E-state index contributed by atoms with van der Waals surface area (Å²) in [5, 5.41) is 4.11. The molecule has 0 spiro atoms. The van der Waals surface area contributed by atoms with Crippen LogP contribution in [0.4, 0.5) is 0 Å². The predicted octanol–water partition coefficient (Wildman–Crippen LogP) is 4.10. The zero-order chi connectivity index (χ0) is 17.9. The molecule has 1 heterocycles. The van der Waals surface area contributed by atoms with E-state index in [0.29, 0.717) is 23.0 Å². The van der Waals surface area contributed by atoms with Crippen LogP contribution < -0.4 is 9.47 Å². The van der Waals surface area contributed by atoms with Crippen molar-refractivity contribution in [2.75, 3.05) is 7.11 Å². The zero-order valence-electron chi connectivity index (χ0n) is 14.3. The second kappa shape index (κ2) is 7.57. The van der Waals surface area contributed by atoms with E-state index in [0.717, 1.165) is 5.56 Å². The second-order valence-corrected chi connectivity index (χ2v) is 5.94. The first-order valence-electron chi connectivity index (χ1n) is 7.46. The van der Waals surface area contributed by atoms with Crippen LogP contribution in [0.5, 0.6) is 11.5 Å². The van der Waals surface area contributed by atoms with Gasteiger partial charge in [-0.2, -0.15) is 0 Å². The lowest BCUT2D eigenvalue weighted by Gasteiger charge is -2.16. The molecular formula is C17H20ClNO5. The molecule has 0 aliphatic rings. The monoisotopic (exact) mass is 353 g/mol. The van der Waals surface area contributed by atoms with Crippen LogP contribution in [0, 0.1) is 13.8 Å². The fraction of sp³-hybridized carbons (Fsp3) is 0.412. The van der Waals surface area contributed by atoms with Crippen LogP contribution in [-0.4, -0.2) is 24.3 Å². The van der Waals surface area contributed by atoms with Crippen molar-refractivity contribution in [3.8, 4) is 11.5 Å². The molecule has 0 saturated carbocycles. The normalized spacial score (nSPS) is 10.8. The molecule has 1 aromatic carbocycles. The summed E-state index contributed by atoms with van der Waals surface area (Å²) in [7, 11) is 1.48. The van der Waals surface area contributed by atoms with Crippen molar-refractivity contribution in [3.05, 3.63) is 39.7 Å². The van der Waals surface area contributed by atoms with E-state index in [4.69, 9.17) is 30.3 Å². The minimum Gasteiger partial charge on any atom is -0.493 e. The number of esters is 1. The molecule has 1 aromatic heterocycles. The number of hydrogen-bond donors (Lipinski definition) is 0. The van der Waals surface area contributed by atoms with Gasteiger partial charge in [-0.1, -0.05) is 16.8 Å². The van der Waals surface area contributed by atoms with Crippen molar-refractivity contribution >= 4 is 17.6 Å². The first-order chi connectivity index (χ1) is 11.3. The first-order valence-corrected chi connectivity index (χ1v) is 7.84. The van der Waals surface area contributed by atoms with Gasteiger partial charge in [-0.3, -0.25) is 0 Å². The van der Waals surface area contributed by atoms with Crippen LogP contribution in [0.2, 0.25) is 5.02 Å². The van der Waals surface area contributed by atoms with E-state index in [1.807, 2.05) is 13.8 Å². The van der Waals surface area contributed by atoms with Crippen LogP contribution in [0.3, 0.4) is 0 Å². The van der Waals surface area contributed by atoms with Gasteiger partial charge in [-0.15, -0.1) is 0 Å². The van der Waals surface area contributed by atoms with Crippen LogP contribution in [0.25, 0.3) is 0 Å². The van der Waals surface area contributed by atoms with Gasteiger partial charge in [0.15, 0.2) is 11.5 Å². The molecule has 0 atom stereocenters. The Bertz CT molecular complexity index is 719. The summed E-state index contributed by atoms with van der Waals surface area (Å²) < 4.78 is 21.2. The molecule has 6 nitrogen and oxygen atoms in total. The van der Waals surface area contributed by atoms with E-state index in [-0.39, 0.29) is 23.3 Å². The third-order valence-corrected chi connectivity index (χ3v) is 3.63. The summed E-state index contributed by atoms with van der Waals surface area (Å²) in [5.74, 6) is 0.875. The van der Waals surface area contributed by atoms with Gasteiger partial charge < -0.3 is 18.7 Å². The van der Waals surface area contributed by atoms with Crippen LogP contribution in [0.15, 0.2) is 16.7 Å². The number of ether oxygens (including phenoxy) is 3. The average molecular weight is 354 g/mol. The van der Waals surface area contributed by atoms with E-state index in [1.54, 1.807) is 19.9 Å². The molecule has 24 heavy (non-hydrogen) atoms. The summed E-state index contributed by atoms with van der Waals surface area (Å²) in [6, 6.07) is 3.04. The molecule has 0 N–H and O–H groups in total. The van der Waals surface area contributed by atoms with E-state index in [2.05, 4.69) is 5.16 Å². The number of hydrogen-bond acceptors (Lipinski definition) is 6. The Morgan fingerprint density at radius 1 is 1.33 bits per heavy atom. The summed E-state index contributed by atoms with van der Waals surface area (Å²) in [5.41, 5.74) is 1.72. The molecule has 0 unspecified atom stereocenters. The topological polar surface area (TPSA) is 70.8 Å². The summed E-state index contributed by atoms with van der Waals surface area (Å²) >= 11 is 6.21. The van der Waals surface area contributed by atoms with Gasteiger partial charge in [-0.05, 0) is 39.8 Å². The van der Waals surface area contributed by atoms with Crippen LogP contribution >= 0.6 is 11.6 Å². The van der Waals surface area contributed by atoms with Gasteiger partial charge >= 0.3 is 5.97 Å². The Balaban J connectivity index is 2.19. The smallest absolute Gasteiger partial charge is 0.338 e. The molecule has 0 aliphatic heterocycles. The Labute approximate surface area is 145 Å². The molecule has 2 rings (SSSR count). The molecule has 0 amide bonds. The number of aromatic nitrogens is 1. The molecule has 7 heteroatoms. The lowest BCUT2D eigenvalue weighted by Crippen LogP contribution is -2.10. The molecule has 0 aliphatic carbocycles. The lowest BCUT2D eigenvalue weighted by molar-refractivity contribution is 0.0470. The number of rotatable bonds is 6. The lowest BCUT2D eigenvalue weighted by atomic mass is 10.2. The highest BCUT2D eigenvalue weighted by atomic mass is 35.5. The SMILES string of the molecule is COc1cc(C(=O)OCc2c(C)noc2C)cc(Cl)c1OC(C)C. The highest BCUT2D eigenvalue weighted by molar-refractivity contribution is 6.32. The van der Waals surface area contributed by atoms with Crippen molar-refractivity contribution in [1.82, 2.24) is 5.16 Å². The van der Waals surface area contributed by atoms with Crippen molar-refractivity contribution in [2.24, 2.45) is 0 Å². The highest BCUT2D eigenvalue weighted by Gasteiger charge is 2.19. The fourth-order valence-corrected chi connectivity index (χ4v) is 2.37. The molecule has 0 bridgehead atoms. The summed E-state index contributed by atoms with van der Waals surface area (Å²) in [4.78, 5) is 12.3. The number of methoxy groups -OCH3 is 1. The van der Waals surface area contributed by atoms with Gasteiger partial charge in [0.1, 0.15) is 12.4 Å². The molecule has 0 saturated heterocycles. The number of carbonyl (C=O) groups is 1. The van der Waals surface area contributed by atoms with E-state index in [1.165, 1.54) is 13.2 Å². The minimum atomic E-state index is -0.522. The maximum atomic E-state index is 12.3. The third kappa shape index (κ3) is 4.00. The van der Waals surface area contributed by atoms with Gasteiger partial charge in [0.05, 0.1) is 35.1 Å². The molecule has 0 radical (unpaired) electrons. The first kappa shape index (κ1) is 18.1. The minimum absolute atomic E-state index is 0.0736. The highest BCUT2D eigenvalue weighted by Crippen LogP contribution is 2.37. The largest absolute Gasteiger partial charge is 0.493 e. The van der Waals surface area contributed by atoms with Crippen LogP contribution in [0.1, 0.15) is 41.2 Å². The van der Waals surface area contributed by atoms with Gasteiger partial charge in [0.25, 0.3) is 0 Å². The molecule has 2 aromatic rings. The van der Waals surface area contributed by atoms with Crippen molar-refractivity contribution in [2.45, 2.75) is 40.4 Å². The summed E-state index contributed by atoms with van der Waals surface area (Å²) in [6.45, 7) is 7.38. The van der Waals surface area contributed by atoms with Crippen molar-refractivity contribution in [1.29, 1.82) is 0 Å². The van der Waals surface area contributed by atoms with Crippen molar-refractivity contribution < 1.29 is 23.5 Å². The van der Waals surface area contributed by atoms with E-state index in [9.17, 15) is 4.79 Å². The predicted molar refractivity (Wildman–Crippen MR) is 88.9 cm³/mol.